The molecular weight excluding hydrogens is 252 g/mol. The lowest BCUT2D eigenvalue weighted by molar-refractivity contribution is 1.18. The van der Waals surface area contributed by atoms with E-state index in [-0.39, 0.29) is 5.95 Å². The van der Waals surface area contributed by atoms with Gasteiger partial charge in [0.15, 0.2) is 0 Å². The Morgan fingerprint density at radius 3 is 2.80 bits per heavy atom. The van der Waals surface area contributed by atoms with Gasteiger partial charge in [-0.3, -0.25) is 4.98 Å². The number of anilines is 4. The summed E-state index contributed by atoms with van der Waals surface area (Å²) in [6.45, 7) is 0. The third kappa shape index (κ3) is 2.31. The number of hydrogen-bond acceptors (Lipinski definition) is 6. The minimum Gasteiger partial charge on any atom is -0.373 e. The van der Waals surface area contributed by atoms with Crippen molar-refractivity contribution in [2.75, 3.05) is 23.4 Å². The molecule has 100 valence electrons. The van der Waals surface area contributed by atoms with Crippen LogP contribution in [0.3, 0.4) is 0 Å². The van der Waals surface area contributed by atoms with Crippen molar-refractivity contribution in [3.8, 4) is 0 Å². The number of fused-ring (bicyclic) bond motifs is 1. The third-order valence-corrected chi connectivity index (χ3v) is 2.95. The molecular formula is C14H14N6. The molecule has 1 aromatic carbocycles. The zero-order chi connectivity index (χ0) is 13.9. The van der Waals surface area contributed by atoms with Gasteiger partial charge in [0.05, 0.1) is 0 Å². The van der Waals surface area contributed by atoms with Gasteiger partial charge >= 0.3 is 0 Å². The van der Waals surface area contributed by atoms with E-state index in [1.165, 1.54) is 0 Å². The van der Waals surface area contributed by atoms with Gasteiger partial charge in [0.1, 0.15) is 11.6 Å². The van der Waals surface area contributed by atoms with Gasteiger partial charge < -0.3 is 16.4 Å². The van der Waals surface area contributed by atoms with Crippen LogP contribution in [-0.2, 0) is 0 Å². The number of benzene rings is 1. The molecule has 0 aliphatic rings. The van der Waals surface area contributed by atoms with Crippen LogP contribution in [0, 0.1) is 0 Å². The van der Waals surface area contributed by atoms with Gasteiger partial charge in [0.25, 0.3) is 0 Å². The van der Waals surface area contributed by atoms with E-state index in [9.17, 15) is 0 Å². The molecule has 0 fully saturated rings. The Morgan fingerprint density at radius 1 is 1.10 bits per heavy atom. The van der Waals surface area contributed by atoms with E-state index in [4.69, 9.17) is 5.73 Å². The minimum atomic E-state index is 0.220. The normalized spacial score (nSPS) is 10.4. The number of pyridine rings is 1. The largest absolute Gasteiger partial charge is 0.373 e. The molecule has 0 saturated heterocycles. The molecule has 20 heavy (non-hydrogen) atoms. The first-order valence-electron chi connectivity index (χ1n) is 6.18. The van der Waals surface area contributed by atoms with Crippen LogP contribution in [0.5, 0.6) is 0 Å². The third-order valence-electron chi connectivity index (χ3n) is 2.95. The van der Waals surface area contributed by atoms with E-state index in [2.05, 4.69) is 25.6 Å². The van der Waals surface area contributed by atoms with E-state index in [0.29, 0.717) is 11.6 Å². The average Bonchev–Trinajstić information content (AvgIpc) is 2.47. The topological polar surface area (TPSA) is 88.8 Å². The monoisotopic (exact) mass is 266 g/mol. The Balaban J connectivity index is 2.03. The zero-order valence-corrected chi connectivity index (χ0v) is 11.0. The second-order valence-electron chi connectivity index (χ2n) is 4.27. The molecule has 2 heterocycles. The predicted octanol–water partition coefficient (Wildman–Crippen LogP) is 2.39. The molecule has 3 rings (SSSR count). The lowest BCUT2D eigenvalue weighted by atomic mass is 10.1. The molecule has 0 unspecified atom stereocenters. The Morgan fingerprint density at radius 2 is 1.95 bits per heavy atom. The summed E-state index contributed by atoms with van der Waals surface area (Å²) < 4.78 is 0. The maximum Gasteiger partial charge on any atom is 0.223 e. The summed E-state index contributed by atoms with van der Waals surface area (Å²) in [5, 5.41) is 8.34. The van der Waals surface area contributed by atoms with Crippen LogP contribution >= 0.6 is 0 Å². The van der Waals surface area contributed by atoms with Crippen LogP contribution in [0.2, 0.25) is 0 Å². The lowest BCUT2D eigenvalue weighted by Gasteiger charge is -2.10. The van der Waals surface area contributed by atoms with Crippen molar-refractivity contribution in [2.24, 2.45) is 0 Å². The SMILES string of the molecule is CNc1cc(Nc2cccc3ccncc23)nc(N)n1. The number of nitrogens with one attached hydrogen (secondary N) is 2. The predicted molar refractivity (Wildman–Crippen MR) is 81.0 cm³/mol. The minimum absolute atomic E-state index is 0.220. The number of rotatable bonds is 3. The van der Waals surface area contributed by atoms with Crippen molar-refractivity contribution >= 4 is 34.0 Å². The van der Waals surface area contributed by atoms with Crippen molar-refractivity contribution in [1.82, 2.24) is 15.0 Å². The van der Waals surface area contributed by atoms with Crippen molar-refractivity contribution < 1.29 is 0 Å². The summed E-state index contributed by atoms with van der Waals surface area (Å²) in [6, 6.07) is 9.75. The highest BCUT2D eigenvalue weighted by molar-refractivity contribution is 5.94. The molecule has 0 aliphatic heterocycles. The van der Waals surface area contributed by atoms with Gasteiger partial charge in [-0.15, -0.1) is 0 Å². The highest BCUT2D eigenvalue weighted by atomic mass is 15.1. The fourth-order valence-electron chi connectivity index (χ4n) is 2.02. The quantitative estimate of drug-likeness (QED) is 0.674. The molecule has 4 N–H and O–H groups in total. The standard InChI is InChI=1S/C14H14N6/c1-16-12-7-13(20-14(15)19-12)18-11-4-2-3-9-5-6-17-8-10(9)11/h2-8H,1H3,(H4,15,16,18,19,20). The molecule has 6 heteroatoms. The summed E-state index contributed by atoms with van der Waals surface area (Å²) in [5.41, 5.74) is 6.61. The molecule has 0 amide bonds. The smallest absolute Gasteiger partial charge is 0.223 e. The van der Waals surface area contributed by atoms with E-state index in [1.807, 2.05) is 30.5 Å². The average molecular weight is 266 g/mol. The van der Waals surface area contributed by atoms with Crippen LogP contribution in [0.15, 0.2) is 42.7 Å². The van der Waals surface area contributed by atoms with E-state index >= 15 is 0 Å². The first kappa shape index (κ1) is 12.2. The zero-order valence-electron chi connectivity index (χ0n) is 11.0. The number of hydrogen-bond donors (Lipinski definition) is 3. The fourth-order valence-corrected chi connectivity index (χ4v) is 2.02. The Bertz CT molecular complexity index is 750. The van der Waals surface area contributed by atoms with Gasteiger partial charge in [0, 0.05) is 36.6 Å². The molecule has 0 saturated carbocycles. The molecule has 0 aliphatic carbocycles. The highest BCUT2D eigenvalue weighted by Gasteiger charge is 2.04. The second-order valence-corrected chi connectivity index (χ2v) is 4.27. The van der Waals surface area contributed by atoms with Crippen molar-refractivity contribution in [1.29, 1.82) is 0 Å². The van der Waals surface area contributed by atoms with Crippen molar-refractivity contribution in [3.05, 3.63) is 42.7 Å². The van der Waals surface area contributed by atoms with Gasteiger partial charge in [-0.25, -0.2) is 0 Å². The van der Waals surface area contributed by atoms with Gasteiger partial charge in [-0.05, 0) is 17.5 Å². The molecule has 2 aromatic heterocycles. The summed E-state index contributed by atoms with van der Waals surface area (Å²) in [4.78, 5) is 12.4. The van der Waals surface area contributed by atoms with Gasteiger partial charge in [-0.1, -0.05) is 12.1 Å². The molecule has 0 radical (unpaired) electrons. The summed E-state index contributed by atoms with van der Waals surface area (Å²) in [6.07, 6.45) is 3.59. The summed E-state index contributed by atoms with van der Waals surface area (Å²) >= 11 is 0. The van der Waals surface area contributed by atoms with Crippen LogP contribution in [-0.4, -0.2) is 22.0 Å². The van der Waals surface area contributed by atoms with Crippen LogP contribution in [0.1, 0.15) is 0 Å². The van der Waals surface area contributed by atoms with Crippen LogP contribution in [0.25, 0.3) is 10.8 Å². The van der Waals surface area contributed by atoms with Crippen molar-refractivity contribution in [3.63, 3.8) is 0 Å². The van der Waals surface area contributed by atoms with Crippen LogP contribution < -0.4 is 16.4 Å². The van der Waals surface area contributed by atoms with E-state index in [0.717, 1.165) is 16.5 Å². The van der Waals surface area contributed by atoms with Gasteiger partial charge in [-0.2, -0.15) is 9.97 Å². The second kappa shape index (κ2) is 5.00. The number of aromatic nitrogens is 3. The fraction of sp³-hybridized carbons (Fsp3) is 0.0714. The summed E-state index contributed by atoms with van der Waals surface area (Å²) in [7, 11) is 1.79. The van der Waals surface area contributed by atoms with E-state index in [1.54, 1.807) is 19.3 Å². The number of nitrogens with zero attached hydrogens (tertiary/aromatic N) is 3. The Hall–Kier alpha value is -2.89. The molecule has 3 aromatic rings. The lowest BCUT2D eigenvalue weighted by Crippen LogP contribution is -2.03. The van der Waals surface area contributed by atoms with Gasteiger partial charge in [0.2, 0.25) is 5.95 Å². The highest BCUT2D eigenvalue weighted by Crippen LogP contribution is 2.25. The molecule has 6 nitrogen and oxygen atoms in total. The number of nitrogen functional groups attached to an aromatic ring is 1. The molecule has 0 atom stereocenters. The molecule has 0 bridgehead atoms. The first-order valence-corrected chi connectivity index (χ1v) is 6.18. The number of nitrogens with two attached hydrogens (primary N) is 1. The summed E-state index contributed by atoms with van der Waals surface area (Å²) in [5.74, 6) is 1.52. The van der Waals surface area contributed by atoms with Crippen molar-refractivity contribution in [2.45, 2.75) is 0 Å². The molecule has 0 spiro atoms. The van der Waals surface area contributed by atoms with Crippen LogP contribution in [0.4, 0.5) is 23.3 Å². The van der Waals surface area contributed by atoms with E-state index < -0.39 is 0 Å². The maximum absolute atomic E-state index is 5.69. The Kier molecular flexibility index (Phi) is 3.04. The first-order chi connectivity index (χ1) is 9.76. The maximum atomic E-state index is 5.69. The Labute approximate surface area is 116 Å².